The lowest BCUT2D eigenvalue weighted by atomic mass is 10.0. The van der Waals surface area contributed by atoms with E-state index in [0.29, 0.717) is 17.6 Å². The van der Waals surface area contributed by atoms with Gasteiger partial charge in [-0.25, -0.2) is 0 Å². The summed E-state index contributed by atoms with van der Waals surface area (Å²) in [4.78, 5) is 18.0. The Labute approximate surface area is 160 Å². The fraction of sp³-hybridized carbons (Fsp3) is 0.500. The summed E-state index contributed by atoms with van der Waals surface area (Å²) in [6, 6.07) is 5.81. The zero-order chi connectivity index (χ0) is 18.0. The van der Waals surface area contributed by atoms with Crippen LogP contribution in [0.25, 0.3) is 0 Å². The third-order valence-electron chi connectivity index (χ3n) is 4.14. The van der Waals surface area contributed by atoms with Gasteiger partial charge in [-0.05, 0) is 49.4 Å². The normalized spacial score (nSPS) is 15.4. The van der Waals surface area contributed by atoms with Gasteiger partial charge in [-0.15, -0.1) is 11.8 Å². The van der Waals surface area contributed by atoms with Gasteiger partial charge in [-0.1, -0.05) is 34.9 Å². The minimum Gasteiger partial charge on any atom is -0.343 e. The number of nitrogens with zero attached hydrogens (tertiary/aromatic N) is 2. The summed E-state index contributed by atoms with van der Waals surface area (Å²) < 4.78 is 6.44. The van der Waals surface area contributed by atoms with Crippen LogP contribution < -0.4 is 5.32 Å². The highest BCUT2D eigenvalue weighted by Gasteiger charge is 2.31. The number of aryl methyl sites for hydroxylation is 1. The van der Waals surface area contributed by atoms with Crippen molar-refractivity contribution < 1.29 is 9.32 Å². The lowest BCUT2D eigenvalue weighted by molar-refractivity contribution is -0.119. The molecule has 0 spiro atoms. The minimum atomic E-state index is -0.251. The van der Waals surface area contributed by atoms with Gasteiger partial charge in [0.1, 0.15) is 6.04 Å². The molecule has 3 rings (SSSR count). The highest BCUT2D eigenvalue weighted by atomic mass is 79.9. The molecule has 1 aliphatic rings. The summed E-state index contributed by atoms with van der Waals surface area (Å²) in [5.74, 6) is 2.23. The summed E-state index contributed by atoms with van der Waals surface area (Å²) in [7, 11) is 0. The van der Waals surface area contributed by atoms with Crippen LogP contribution in [-0.2, 0) is 4.79 Å². The Bertz CT molecular complexity index is 759. The zero-order valence-electron chi connectivity index (χ0n) is 14.6. The summed E-state index contributed by atoms with van der Waals surface area (Å²) in [5, 5.41) is 7.10. The summed E-state index contributed by atoms with van der Waals surface area (Å²) >= 11 is 4.99. The molecule has 1 amide bonds. The van der Waals surface area contributed by atoms with Crippen molar-refractivity contribution >= 4 is 33.6 Å². The molecule has 5 nitrogen and oxygen atoms in total. The van der Waals surface area contributed by atoms with Crippen LogP contribution in [-0.4, -0.2) is 21.8 Å². The van der Waals surface area contributed by atoms with Gasteiger partial charge in [0.25, 0.3) is 0 Å². The Balaban J connectivity index is 1.60. The van der Waals surface area contributed by atoms with Crippen LogP contribution in [0.4, 0.5) is 0 Å². The molecule has 0 aliphatic heterocycles. The van der Waals surface area contributed by atoms with Gasteiger partial charge < -0.3 is 9.84 Å². The SMILES string of the molecule is Cc1cc(Br)ccc1SCC(=O)NC(c1nc(C2CC2)no1)C(C)C. The van der Waals surface area contributed by atoms with E-state index in [1.165, 1.54) is 11.8 Å². The smallest absolute Gasteiger partial charge is 0.249 e. The van der Waals surface area contributed by atoms with E-state index < -0.39 is 0 Å². The average Bonchev–Trinajstić information content (AvgIpc) is 3.29. The summed E-state index contributed by atoms with van der Waals surface area (Å²) in [6.07, 6.45) is 2.25. The Hall–Kier alpha value is -1.34. The van der Waals surface area contributed by atoms with Crippen molar-refractivity contribution in [2.45, 2.75) is 50.5 Å². The monoisotopic (exact) mass is 423 g/mol. The van der Waals surface area contributed by atoms with Crippen molar-refractivity contribution in [3.8, 4) is 0 Å². The molecule has 25 heavy (non-hydrogen) atoms. The van der Waals surface area contributed by atoms with E-state index in [1.807, 2.05) is 32.9 Å². The predicted molar refractivity (Wildman–Crippen MR) is 102 cm³/mol. The average molecular weight is 424 g/mol. The first-order valence-electron chi connectivity index (χ1n) is 8.46. The van der Waals surface area contributed by atoms with Crippen LogP contribution >= 0.6 is 27.7 Å². The molecule has 1 atom stereocenters. The number of thioether (sulfide) groups is 1. The molecule has 1 aromatic heterocycles. The summed E-state index contributed by atoms with van der Waals surface area (Å²) in [5.41, 5.74) is 1.15. The maximum atomic E-state index is 12.4. The van der Waals surface area contributed by atoms with Crippen LogP contribution in [0, 0.1) is 12.8 Å². The first-order chi connectivity index (χ1) is 11.9. The highest BCUT2D eigenvalue weighted by Crippen LogP contribution is 2.38. The lowest BCUT2D eigenvalue weighted by Crippen LogP contribution is -2.33. The van der Waals surface area contributed by atoms with Gasteiger partial charge >= 0.3 is 0 Å². The maximum absolute atomic E-state index is 12.4. The fourth-order valence-electron chi connectivity index (χ4n) is 2.53. The largest absolute Gasteiger partial charge is 0.343 e. The first-order valence-corrected chi connectivity index (χ1v) is 10.2. The van der Waals surface area contributed by atoms with Crippen LogP contribution in [0.15, 0.2) is 32.1 Å². The van der Waals surface area contributed by atoms with E-state index in [1.54, 1.807) is 0 Å². The second kappa shape index (κ2) is 7.91. The number of hydrogen-bond acceptors (Lipinski definition) is 5. The number of amides is 1. The van der Waals surface area contributed by atoms with Crippen molar-refractivity contribution in [3.05, 3.63) is 40.0 Å². The van der Waals surface area contributed by atoms with Gasteiger partial charge in [-0.2, -0.15) is 4.98 Å². The molecular formula is C18H22BrN3O2S. The number of carbonyl (C=O) groups is 1. The van der Waals surface area contributed by atoms with Crippen molar-refractivity contribution in [2.24, 2.45) is 5.92 Å². The van der Waals surface area contributed by atoms with Gasteiger partial charge in [0.2, 0.25) is 11.8 Å². The van der Waals surface area contributed by atoms with Crippen LogP contribution in [0.5, 0.6) is 0 Å². The topological polar surface area (TPSA) is 68.0 Å². The molecule has 1 unspecified atom stereocenters. The van der Waals surface area contributed by atoms with Gasteiger partial charge in [0.05, 0.1) is 5.75 Å². The molecule has 1 saturated carbocycles. The number of carbonyl (C=O) groups excluding carboxylic acids is 1. The third kappa shape index (κ3) is 4.85. The van der Waals surface area contributed by atoms with E-state index in [9.17, 15) is 4.79 Å². The third-order valence-corrected chi connectivity index (χ3v) is 5.81. The molecule has 2 aromatic rings. The van der Waals surface area contributed by atoms with E-state index in [2.05, 4.69) is 37.5 Å². The quantitative estimate of drug-likeness (QED) is 0.657. The minimum absolute atomic E-state index is 0.0304. The molecule has 0 radical (unpaired) electrons. The van der Waals surface area contributed by atoms with E-state index in [0.717, 1.165) is 33.6 Å². The standard InChI is InChI=1S/C18H22BrN3O2S/c1-10(2)16(18-21-17(22-24-18)12-4-5-12)20-15(23)9-25-14-7-6-13(19)8-11(14)3/h6-8,10,12,16H,4-5,9H2,1-3H3,(H,20,23). The molecule has 134 valence electrons. The first kappa shape index (κ1) is 18.5. The molecule has 1 aliphatic carbocycles. The number of rotatable bonds is 7. The van der Waals surface area contributed by atoms with Crippen molar-refractivity contribution in [2.75, 3.05) is 5.75 Å². The van der Waals surface area contributed by atoms with Crippen molar-refractivity contribution in [1.82, 2.24) is 15.5 Å². The number of nitrogens with one attached hydrogen (secondary N) is 1. The summed E-state index contributed by atoms with van der Waals surface area (Å²) in [6.45, 7) is 6.12. The Morgan fingerprint density at radius 3 is 2.84 bits per heavy atom. The van der Waals surface area contributed by atoms with E-state index >= 15 is 0 Å². The molecule has 7 heteroatoms. The van der Waals surface area contributed by atoms with E-state index in [4.69, 9.17) is 4.52 Å². The van der Waals surface area contributed by atoms with Crippen LogP contribution in [0.3, 0.4) is 0 Å². The van der Waals surface area contributed by atoms with Crippen molar-refractivity contribution in [1.29, 1.82) is 0 Å². The Kier molecular flexibility index (Phi) is 5.84. The highest BCUT2D eigenvalue weighted by molar-refractivity contribution is 9.10. The molecule has 1 fully saturated rings. The molecule has 0 bridgehead atoms. The number of aromatic nitrogens is 2. The second-order valence-electron chi connectivity index (χ2n) is 6.75. The molecular weight excluding hydrogens is 402 g/mol. The fourth-order valence-corrected chi connectivity index (χ4v) is 3.82. The zero-order valence-corrected chi connectivity index (χ0v) is 17.0. The maximum Gasteiger partial charge on any atom is 0.249 e. The number of benzene rings is 1. The van der Waals surface area contributed by atoms with Crippen LogP contribution in [0.1, 0.15) is 55.9 Å². The van der Waals surface area contributed by atoms with Gasteiger partial charge in [-0.3, -0.25) is 4.79 Å². The number of halogens is 1. The molecule has 0 saturated heterocycles. The van der Waals surface area contributed by atoms with Crippen molar-refractivity contribution in [3.63, 3.8) is 0 Å². The van der Waals surface area contributed by atoms with Gasteiger partial charge in [0, 0.05) is 15.3 Å². The molecule has 1 aromatic carbocycles. The molecule has 1 N–H and O–H groups in total. The Morgan fingerprint density at radius 2 is 2.20 bits per heavy atom. The van der Waals surface area contributed by atoms with Gasteiger partial charge in [0.15, 0.2) is 5.82 Å². The second-order valence-corrected chi connectivity index (χ2v) is 8.69. The molecule has 1 heterocycles. The van der Waals surface area contributed by atoms with Crippen LogP contribution in [0.2, 0.25) is 0 Å². The number of hydrogen-bond donors (Lipinski definition) is 1. The predicted octanol–water partition coefficient (Wildman–Crippen LogP) is 4.62. The lowest BCUT2D eigenvalue weighted by Gasteiger charge is -2.18. The van der Waals surface area contributed by atoms with E-state index in [-0.39, 0.29) is 17.9 Å². The Morgan fingerprint density at radius 1 is 1.44 bits per heavy atom.